The zero-order valence-corrected chi connectivity index (χ0v) is 9.90. The number of allylic oxidation sites excluding steroid dienone is 3. The number of hydrogen-bond donors (Lipinski definition) is 2. The van der Waals surface area contributed by atoms with Crippen LogP contribution in [0.1, 0.15) is 6.92 Å². The fourth-order valence-corrected chi connectivity index (χ4v) is 0.936. The van der Waals surface area contributed by atoms with Crippen LogP contribution in [0, 0.1) is 0 Å². The minimum absolute atomic E-state index is 0.194. The molecule has 0 aromatic carbocycles. The van der Waals surface area contributed by atoms with E-state index in [1.54, 1.807) is 0 Å². The standard InChI is InChI=1S/C9H10Cl2FNO3/c1-4(12)7(10)9(13)8(11)5(2)16-3-6(14)15/h2-3,13H2,1H3,(H,14,15)/b7-4-,9-8-. The summed E-state index contributed by atoms with van der Waals surface area (Å²) in [5.74, 6) is -2.11. The third kappa shape index (κ3) is 4.55. The van der Waals surface area contributed by atoms with Crippen LogP contribution in [0.15, 0.2) is 33.9 Å². The largest absolute Gasteiger partial charge is 0.481 e. The van der Waals surface area contributed by atoms with Crippen LogP contribution in [-0.4, -0.2) is 17.7 Å². The van der Waals surface area contributed by atoms with E-state index in [9.17, 15) is 9.18 Å². The van der Waals surface area contributed by atoms with Gasteiger partial charge in [0.05, 0.1) is 10.7 Å². The van der Waals surface area contributed by atoms with Crippen molar-refractivity contribution in [2.24, 2.45) is 5.73 Å². The number of aliphatic carboxylic acids is 1. The van der Waals surface area contributed by atoms with Crippen LogP contribution in [0.3, 0.4) is 0 Å². The first-order valence-corrected chi connectivity index (χ1v) is 4.74. The lowest BCUT2D eigenvalue weighted by Gasteiger charge is -2.08. The predicted molar refractivity (Wildman–Crippen MR) is 59.5 cm³/mol. The summed E-state index contributed by atoms with van der Waals surface area (Å²) in [6.45, 7) is 3.80. The second kappa shape index (κ2) is 6.40. The number of carboxylic acids is 1. The Hall–Kier alpha value is -1.20. The van der Waals surface area contributed by atoms with Gasteiger partial charge in [-0.1, -0.05) is 29.8 Å². The van der Waals surface area contributed by atoms with Crippen molar-refractivity contribution in [3.05, 3.63) is 33.9 Å². The molecule has 0 fully saturated rings. The van der Waals surface area contributed by atoms with Crippen LogP contribution in [0.4, 0.5) is 4.39 Å². The van der Waals surface area contributed by atoms with Crippen LogP contribution >= 0.6 is 23.2 Å². The lowest BCUT2D eigenvalue weighted by Crippen LogP contribution is -2.09. The number of carboxylic acid groups (broad SMARTS) is 1. The van der Waals surface area contributed by atoms with Gasteiger partial charge in [0, 0.05) is 0 Å². The zero-order chi connectivity index (χ0) is 12.9. The minimum atomic E-state index is -1.20. The second-order valence-electron chi connectivity index (χ2n) is 2.68. The Balaban J connectivity index is 4.83. The molecular weight excluding hydrogens is 260 g/mol. The number of carbonyl (C=O) groups is 1. The molecular formula is C9H10Cl2FNO3. The lowest BCUT2D eigenvalue weighted by molar-refractivity contribution is -0.140. The molecule has 0 aromatic heterocycles. The van der Waals surface area contributed by atoms with Gasteiger partial charge in [-0.15, -0.1) is 0 Å². The fraction of sp³-hybridized carbons (Fsp3) is 0.222. The summed E-state index contributed by atoms with van der Waals surface area (Å²) in [6.07, 6.45) is 0. The van der Waals surface area contributed by atoms with Gasteiger partial charge in [-0.25, -0.2) is 9.18 Å². The first-order valence-electron chi connectivity index (χ1n) is 3.98. The van der Waals surface area contributed by atoms with Gasteiger partial charge in [-0.2, -0.15) is 0 Å². The molecule has 4 nitrogen and oxygen atoms in total. The molecule has 0 aliphatic rings. The van der Waals surface area contributed by atoms with Crippen LogP contribution in [0.2, 0.25) is 0 Å². The maximum Gasteiger partial charge on any atom is 0.341 e. The minimum Gasteiger partial charge on any atom is -0.481 e. The van der Waals surface area contributed by atoms with Crippen molar-refractivity contribution in [2.45, 2.75) is 6.92 Å². The van der Waals surface area contributed by atoms with E-state index in [1.807, 2.05) is 0 Å². The Morgan fingerprint density at radius 2 is 2.00 bits per heavy atom. The van der Waals surface area contributed by atoms with Crippen molar-refractivity contribution in [3.63, 3.8) is 0 Å². The maximum atomic E-state index is 12.7. The third-order valence-corrected chi connectivity index (χ3v) is 2.27. The van der Waals surface area contributed by atoms with Gasteiger partial charge in [0.2, 0.25) is 0 Å². The monoisotopic (exact) mass is 269 g/mol. The quantitative estimate of drug-likeness (QED) is 0.594. The van der Waals surface area contributed by atoms with Crippen LogP contribution in [0.5, 0.6) is 0 Å². The molecule has 0 aromatic rings. The van der Waals surface area contributed by atoms with Gasteiger partial charge in [-0.05, 0) is 6.92 Å². The van der Waals surface area contributed by atoms with Crippen molar-refractivity contribution in [2.75, 3.05) is 6.61 Å². The molecule has 0 aliphatic heterocycles. The molecule has 0 rings (SSSR count). The summed E-state index contributed by atoms with van der Waals surface area (Å²) in [6, 6.07) is 0. The molecule has 7 heteroatoms. The zero-order valence-electron chi connectivity index (χ0n) is 8.39. The molecule has 0 heterocycles. The van der Waals surface area contributed by atoms with Crippen LogP contribution in [-0.2, 0) is 9.53 Å². The molecule has 0 saturated carbocycles. The van der Waals surface area contributed by atoms with Gasteiger partial charge in [0.15, 0.2) is 6.61 Å². The fourth-order valence-electron chi connectivity index (χ4n) is 0.644. The smallest absolute Gasteiger partial charge is 0.341 e. The van der Waals surface area contributed by atoms with Gasteiger partial charge in [0.1, 0.15) is 16.6 Å². The summed E-state index contributed by atoms with van der Waals surface area (Å²) in [5.41, 5.74) is 5.13. The highest BCUT2D eigenvalue weighted by Crippen LogP contribution is 2.25. The molecule has 0 aliphatic carbocycles. The topological polar surface area (TPSA) is 72.5 Å². The van der Waals surface area contributed by atoms with Crippen molar-refractivity contribution in [1.29, 1.82) is 0 Å². The number of ether oxygens (including phenoxy) is 1. The third-order valence-electron chi connectivity index (χ3n) is 1.39. The van der Waals surface area contributed by atoms with E-state index in [4.69, 9.17) is 34.0 Å². The van der Waals surface area contributed by atoms with Crippen LogP contribution in [0.25, 0.3) is 0 Å². The van der Waals surface area contributed by atoms with E-state index in [-0.39, 0.29) is 21.5 Å². The summed E-state index contributed by atoms with van der Waals surface area (Å²) in [7, 11) is 0. The summed E-state index contributed by atoms with van der Waals surface area (Å²) < 4.78 is 17.3. The SMILES string of the molecule is C=C(OCC(=O)O)/C(Cl)=C(N)\C(Cl)=C(/C)F. The number of nitrogens with two attached hydrogens (primary N) is 1. The number of rotatable bonds is 5. The number of hydrogen-bond acceptors (Lipinski definition) is 3. The molecule has 0 amide bonds. The average Bonchev–Trinajstić information content (AvgIpc) is 2.22. The molecule has 0 saturated heterocycles. The highest BCUT2D eigenvalue weighted by Gasteiger charge is 2.12. The first kappa shape index (κ1) is 14.8. The first-order chi connectivity index (χ1) is 7.27. The maximum absolute atomic E-state index is 12.7. The highest BCUT2D eigenvalue weighted by atomic mass is 35.5. The van der Waals surface area contributed by atoms with Crippen molar-refractivity contribution in [1.82, 2.24) is 0 Å². The van der Waals surface area contributed by atoms with E-state index < -0.39 is 18.4 Å². The molecule has 3 N–H and O–H groups in total. The number of halogens is 3. The molecule has 0 atom stereocenters. The molecule has 0 bridgehead atoms. The Morgan fingerprint density at radius 1 is 1.50 bits per heavy atom. The molecule has 16 heavy (non-hydrogen) atoms. The molecule has 0 unspecified atom stereocenters. The molecule has 0 radical (unpaired) electrons. The lowest BCUT2D eigenvalue weighted by atomic mass is 10.3. The Labute approximate surface area is 102 Å². The van der Waals surface area contributed by atoms with Gasteiger partial charge >= 0.3 is 5.97 Å². The predicted octanol–water partition coefficient (Wildman–Crippen LogP) is 2.45. The molecule has 0 spiro atoms. The van der Waals surface area contributed by atoms with E-state index >= 15 is 0 Å². The van der Waals surface area contributed by atoms with Gasteiger partial charge in [-0.3, -0.25) is 0 Å². The van der Waals surface area contributed by atoms with E-state index in [1.165, 1.54) is 0 Å². The van der Waals surface area contributed by atoms with Crippen molar-refractivity contribution >= 4 is 29.2 Å². The summed E-state index contributed by atoms with van der Waals surface area (Å²) >= 11 is 11.1. The Morgan fingerprint density at radius 3 is 2.38 bits per heavy atom. The molecule has 90 valence electrons. The van der Waals surface area contributed by atoms with Crippen molar-refractivity contribution in [3.8, 4) is 0 Å². The summed E-state index contributed by atoms with van der Waals surface area (Å²) in [5, 5.41) is 7.72. The van der Waals surface area contributed by atoms with E-state index in [2.05, 4.69) is 11.3 Å². The summed E-state index contributed by atoms with van der Waals surface area (Å²) in [4.78, 5) is 10.2. The Bertz CT molecular complexity index is 373. The van der Waals surface area contributed by atoms with E-state index in [0.29, 0.717) is 0 Å². The van der Waals surface area contributed by atoms with Gasteiger partial charge < -0.3 is 15.6 Å². The Kier molecular flexibility index (Phi) is 5.92. The van der Waals surface area contributed by atoms with Crippen LogP contribution < -0.4 is 5.73 Å². The van der Waals surface area contributed by atoms with Crippen molar-refractivity contribution < 1.29 is 19.0 Å². The highest BCUT2D eigenvalue weighted by molar-refractivity contribution is 6.36. The second-order valence-corrected chi connectivity index (χ2v) is 3.44. The average molecular weight is 270 g/mol. The normalized spacial score (nSPS) is 13.8. The van der Waals surface area contributed by atoms with Gasteiger partial charge in [0.25, 0.3) is 0 Å². The van der Waals surface area contributed by atoms with E-state index in [0.717, 1.165) is 6.92 Å².